The van der Waals surface area contributed by atoms with Crippen LogP contribution in [0.3, 0.4) is 0 Å². The van der Waals surface area contributed by atoms with Crippen molar-refractivity contribution in [3.63, 3.8) is 0 Å². The molecule has 0 bridgehead atoms. The van der Waals surface area contributed by atoms with Crippen LogP contribution in [-0.4, -0.2) is 43.0 Å². The Morgan fingerprint density at radius 2 is 2.18 bits per heavy atom. The molecular formula is C13H27N3O. The Morgan fingerprint density at radius 1 is 1.47 bits per heavy atom. The van der Waals surface area contributed by atoms with Crippen LogP contribution in [0.5, 0.6) is 0 Å². The molecule has 0 radical (unpaired) electrons. The lowest BCUT2D eigenvalue weighted by atomic mass is 10.00. The average molecular weight is 241 g/mol. The minimum absolute atomic E-state index is 0.157. The van der Waals surface area contributed by atoms with Crippen molar-refractivity contribution in [3.05, 3.63) is 0 Å². The second-order valence-corrected chi connectivity index (χ2v) is 5.48. The molecule has 0 aliphatic heterocycles. The molecule has 0 aromatic heterocycles. The number of nitrogens with one attached hydrogen (secondary N) is 1. The van der Waals surface area contributed by atoms with Gasteiger partial charge in [-0.3, -0.25) is 4.79 Å². The van der Waals surface area contributed by atoms with Crippen molar-refractivity contribution in [3.8, 4) is 0 Å². The van der Waals surface area contributed by atoms with Crippen LogP contribution in [0.4, 0.5) is 0 Å². The number of rotatable bonds is 6. The molecule has 1 rings (SSSR count). The molecular weight excluding hydrogens is 214 g/mol. The standard InChI is InChI=1S/C13H27N3O/c1-10(2)16(3)8-7-15-13(17)9-11-5-4-6-12(11)14/h10-12H,4-9,14H2,1-3H3,(H,15,17)/t11-,12+/m0/s1. The molecule has 3 N–H and O–H groups in total. The van der Waals surface area contributed by atoms with E-state index >= 15 is 0 Å². The van der Waals surface area contributed by atoms with Crippen LogP contribution in [-0.2, 0) is 4.79 Å². The highest BCUT2D eigenvalue weighted by Gasteiger charge is 2.25. The van der Waals surface area contributed by atoms with E-state index in [2.05, 4.69) is 31.1 Å². The van der Waals surface area contributed by atoms with Crippen LogP contribution < -0.4 is 11.1 Å². The SMILES string of the molecule is CC(C)N(C)CCNC(=O)C[C@@H]1CCC[C@H]1N. The van der Waals surface area contributed by atoms with Crippen molar-refractivity contribution in [2.45, 2.75) is 51.6 Å². The quantitative estimate of drug-likeness (QED) is 0.728. The summed E-state index contributed by atoms with van der Waals surface area (Å²) in [5.74, 6) is 0.558. The zero-order valence-corrected chi connectivity index (χ0v) is 11.4. The van der Waals surface area contributed by atoms with Crippen LogP contribution in [0.2, 0.25) is 0 Å². The van der Waals surface area contributed by atoms with E-state index in [-0.39, 0.29) is 11.9 Å². The third kappa shape index (κ3) is 5.04. The number of carbonyl (C=O) groups excluding carboxylic acids is 1. The molecule has 4 nitrogen and oxygen atoms in total. The summed E-state index contributed by atoms with van der Waals surface area (Å²) in [5, 5.41) is 2.98. The summed E-state index contributed by atoms with van der Waals surface area (Å²) in [6.07, 6.45) is 3.97. The fourth-order valence-corrected chi connectivity index (χ4v) is 2.26. The topological polar surface area (TPSA) is 58.4 Å². The summed E-state index contributed by atoms with van der Waals surface area (Å²) >= 11 is 0. The maximum absolute atomic E-state index is 11.7. The first-order valence-corrected chi connectivity index (χ1v) is 6.73. The first-order chi connectivity index (χ1) is 8.00. The highest BCUT2D eigenvalue weighted by atomic mass is 16.1. The Bertz CT molecular complexity index is 243. The van der Waals surface area contributed by atoms with Gasteiger partial charge in [-0.2, -0.15) is 0 Å². The van der Waals surface area contributed by atoms with Crippen LogP contribution in [0.1, 0.15) is 39.5 Å². The van der Waals surface area contributed by atoms with Gasteiger partial charge in [0.1, 0.15) is 0 Å². The van der Waals surface area contributed by atoms with Gasteiger partial charge in [0.25, 0.3) is 0 Å². The normalized spacial score (nSPS) is 24.6. The third-order valence-electron chi connectivity index (χ3n) is 3.83. The Morgan fingerprint density at radius 3 is 2.71 bits per heavy atom. The summed E-state index contributed by atoms with van der Waals surface area (Å²) in [4.78, 5) is 13.9. The van der Waals surface area contributed by atoms with Gasteiger partial charge in [0.2, 0.25) is 5.91 Å². The van der Waals surface area contributed by atoms with Crippen molar-refractivity contribution in [2.24, 2.45) is 11.7 Å². The van der Waals surface area contributed by atoms with Crippen molar-refractivity contribution >= 4 is 5.91 Å². The van der Waals surface area contributed by atoms with Crippen molar-refractivity contribution < 1.29 is 4.79 Å². The van der Waals surface area contributed by atoms with Gasteiger partial charge in [0.15, 0.2) is 0 Å². The molecule has 1 aliphatic rings. The zero-order valence-electron chi connectivity index (χ0n) is 11.4. The van der Waals surface area contributed by atoms with Crippen molar-refractivity contribution in [2.75, 3.05) is 20.1 Å². The molecule has 0 aromatic carbocycles. The number of nitrogens with two attached hydrogens (primary N) is 1. The van der Waals surface area contributed by atoms with E-state index in [9.17, 15) is 4.79 Å². The van der Waals surface area contributed by atoms with Gasteiger partial charge in [0.05, 0.1) is 0 Å². The number of hydrogen-bond donors (Lipinski definition) is 2. The van der Waals surface area contributed by atoms with E-state index in [1.54, 1.807) is 0 Å². The molecule has 1 aliphatic carbocycles. The molecule has 0 spiro atoms. The Labute approximate surface area is 105 Å². The van der Waals surface area contributed by atoms with Gasteiger partial charge >= 0.3 is 0 Å². The molecule has 0 aromatic rings. The van der Waals surface area contributed by atoms with Crippen LogP contribution in [0, 0.1) is 5.92 Å². The second kappa shape index (κ2) is 6.97. The number of hydrogen-bond acceptors (Lipinski definition) is 3. The zero-order chi connectivity index (χ0) is 12.8. The lowest BCUT2D eigenvalue weighted by Crippen LogP contribution is -2.37. The summed E-state index contributed by atoms with van der Waals surface area (Å²) in [7, 11) is 2.07. The molecule has 1 fully saturated rings. The molecule has 0 saturated heterocycles. The van der Waals surface area contributed by atoms with Gasteiger partial charge in [-0.1, -0.05) is 6.42 Å². The Kier molecular flexibility index (Phi) is 5.92. The van der Waals surface area contributed by atoms with Gasteiger partial charge in [-0.15, -0.1) is 0 Å². The van der Waals surface area contributed by atoms with Gasteiger partial charge in [-0.05, 0) is 39.7 Å². The predicted molar refractivity (Wildman–Crippen MR) is 70.7 cm³/mol. The summed E-state index contributed by atoms with van der Waals surface area (Å²) in [6, 6.07) is 0.759. The fourth-order valence-electron chi connectivity index (χ4n) is 2.26. The lowest BCUT2D eigenvalue weighted by Gasteiger charge is -2.21. The number of likely N-dealkylation sites (N-methyl/N-ethyl adjacent to an activating group) is 1. The molecule has 2 atom stereocenters. The lowest BCUT2D eigenvalue weighted by molar-refractivity contribution is -0.122. The number of amides is 1. The highest BCUT2D eigenvalue weighted by Crippen LogP contribution is 2.26. The predicted octanol–water partition coefficient (Wildman–Crippen LogP) is 0.960. The van der Waals surface area contributed by atoms with Gasteiger partial charge in [0, 0.05) is 31.6 Å². The van der Waals surface area contributed by atoms with E-state index in [4.69, 9.17) is 5.73 Å². The van der Waals surface area contributed by atoms with E-state index < -0.39 is 0 Å². The minimum Gasteiger partial charge on any atom is -0.355 e. The van der Waals surface area contributed by atoms with E-state index in [1.807, 2.05) is 0 Å². The molecule has 0 heterocycles. The smallest absolute Gasteiger partial charge is 0.220 e. The average Bonchev–Trinajstić information content (AvgIpc) is 2.64. The van der Waals surface area contributed by atoms with E-state index in [0.717, 1.165) is 25.9 Å². The fraction of sp³-hybridized carbons (Fsp3) is 0.923. The maximum Gasteiger partial charge on any atom is 0.220 e. The van der Waals surface area contributed by atoms with E-state index in [1.165, 1.54) is 6.42 Å². The molecule has 1 amide bonds. The van der Waals surface area contributed by atoms with Crippen molar-refractivity contribution in [1.29, 1.82) is 0 Å². The molecule has 1 saturated carbocycles. The molecule has 17 heavy (non-hydrogen) atoms. The van der Waals surface area contributed by atoms with Crippen molar-refractivity contribution in [1.82, 2.24) is 10.2 Å². The summed E-state index contributed by atoms with van der Waals surface area (Å²) in [5.41, 5.74) is 5.96. The third-order valence-corrected chi connectivity index (χ3v) is 3.83. The summed E-state index contributed by atoms with van der Waals surface area (Å²) in [6.45, 7) is 5.94. The highest BCUT2D eigenvalue weighted by molar-refractivity contribution is 5.76. The maximum atomic E-state index is 11.7. The van der Waals surface area contributed by atoms with Crippen LogP contribution in [0.25, 0.3) is 0 Å². The van der Waals surface area contributed by atoms with Crippen LogP contribution >= 0.6 is 0 Å². The second-order valence-electron chi connectivity index (χ2n) is 5.48. The van der Waals surface area contributed by atoms with Gasteiger partial charge in [-0.25, -0.2) is 0 Å². The molecule has 4 heteroatoms. The first kappa shape index (κ1) is 14.5. The Balaban J connectivity index is 2.13. The molecule has 0 unspecified atom stereocenters. The Hall–Kier alpha value is -0.610. The largest absolute Gasteiger partial charge is 0.355 e. The number of nitrogens with zero attached hydrogens (tertiary/aromatic N) is 1. The monoisotopic (exact) mass is 241 g/mol. The molecule has 100 valence electrons. The van der Waals surface area contributed by atoms with Crippen LogP contribution in [0.15, 0.2) is 0 Å². The van der Waals surface area contributed by atoms with E-state index in [0.29, 0.717) is 18.4 Å². The summed E-state index contributed by atoms with van der Waals surface area (Å²) < 4.78 is 0. The minimum atomic E-state index is 0.157. The van der Waals surface area contributed by atoms with Gasteiger partial charge < -0.3 is 16.0 Å². The first-order valence-electron chi connectivity index (χ1n) is 6.73. The number of carbonyl (C=O) groups is 1.